The van der Waals surface area contributed by atoms with Gasteiger partial charge in [-0.1, -0.05) is 59.2 Å². The third kappa shape index (κ3) is 3.97. The maximum Gasteiger partial charge on any atom is 0.279 e. The number of nitrogens with zero attached hydrogens (tertiary/aromatic N) is 2. The number of anilines is 1. The van der Waals surface area contributed by atoms with E-state index in [1.54, 1.807) is 48.0 Å². The normalized spacial score (nSPS) is 15.6. The number of aromatic nitrogens is 2. The van der Waals surface area contributed by atoms with E-state index < -0.39 is 11.5 Å². The van der Waals surface area contributed by atoms with Crippen LogP contribution < -0.4 is 10.9 Å². The van der Waals surface area contributed by atoms with Crippen molar-refractivity contribution < 1.29 is 9.18 Å². The molecule has 0 fully saturated rings. The molecule has 0 saturated carbocycles. The smallest absolute Gasteiger partial charge is 0.279 e. The molecule has 0 saturated heterocycles. The molecule has 1 N–H and O–H groups in total. The lowest BCUT2D eigenvalue weighted by molar-refractivity contribution is -0.116. The second-order valence-corrected chi connectivity index (χ2v) is 8.66. The van der Waals surface area contributed by atoms with Gasteiger partial charge >= 0.3 is 0 Å². The van der Waals surface area contributed by atoms with Crippen LogP contribution in [-0.4, -0.2) is 15.5 Å². The Bertz CT molecular complexity index is 1220. The van der Waals surface area contributed by atoms with Crippen molar-refractivity contribution in [3.63, 3.8) is 0 Å². The van der Waals surface area contributed by atoms with Crippen molar-refractivity contribution in [3.8, 4) is 0 Å². The molecule has 1 unspecified atom stereocenters. The molecule has 0 aliphatic carbocycles. The molecule has 1 aromatic heterocycles. The largest absolute Gasteiger partial charge is 0.312 e. The lowest BCUT2D eigenvalue weighted by atomic mass is 9.86. The van der Waals surface area contributed by atoms with E-state index in [1.807, 2.05) is 0 Å². The summed E-state index contributed by atoms with van der Waals surface area (Å²) in [7, 11) is 1.71. The monoisotopic (exact) mass is 463 g/mol. The summed E-state index contributed by atoms with van der Waals surface area (Å²) in [6.07, 6.45) is 0.0764. The van der Waals surface area contributed by atoms with Gasteiger partial charge in [-0.25, -0.2) is 4.39 Å². The van der Waals surface area contributed by atoms with Crippen LogP contribution in [0.4, 0.5) is 10.2 Å². The Hall–Kier alpha value is -2.35. The maximum atomic E-state index is 13.9. The molecule has 1 amide bonds. The van der Waals surface area contributed by atoms with Crippen LogP contribution in [0.2, 0.25) is 10.0 Å². The molecule has 9 heteroatoms. The summed E-state index contributed by atoms with van der Waals surface area (Å²) in [5.41, 5.74) is 1.07. The molecule has 0 spiro atoms. The van der Waals surface area contributed by atoms with Gasteiger partial charge in [-0.2, -0.15) is 4.98 Å². The minimum Gasteiger partial charge on any atom is -0.312 e. The molecular weight excluding hydrogens is 448 g/mol. The highest BCUT2D eigenvalue weighted by Gasteiger charge is 2.33. The molecule has 3 aromatic rings. The highest BCUT2D eigenvalue weighted by atomic mass is 35.5. The molecule has 0 radical (unpaired) electrons. The van der Waals surface area contributed by atoms with Crippen LogP contribution in [0.3, 0.4) is 0 Å². The van der Waals surface area contributed by atoms with E-state index >= 15 is 0 Å². The predicted molar refractivity (Wildman–Crippen MR) is 117 cm³/mol. The first-order chi connectivity index (χ1) is 14.3. The van der Waals surface area contributed by atoms with Crippen molar-refractivity contribution in [2.45, 2.75) is 23.2 Å². The van der Waals surface area contributed by atoms with Gasteiger partial charge in [-0.05, 0) is 29.3 Å². The first-order valence-corrected chi connectivity index (χ1v) is 10.8. The highest BCUT2D eigenvalue weighted by molar-refractivity contribution is 7.98. The van der Waals surface area contributed by atoms with E-state index in [-0.39, 0.29) is 18.1 Å². The molecule has 1 atom stereocenters. The summed E-state index contributed by atoms with van der Waals surface area (Å²) in [6.45, 7) is 0. The molecule has 30 heavy (non-hydrogen) atoms. The first-order valence-electron chi connectivity index (χ1n) is 9.07. The summed E-state index contributed by atoms with van der Waals surface area (Å²) in [5.74, 6) is -0.413. The maximum absolute atomic E-state index is 13.9. The first kappa shape index (κ1) is 20.9. The molecule has 1 aliphatic heterocycles. The number of amides is 1. The number of carbonyl (C=O) groups is 1. The lowest BCUT2D eigenvalue weighted by Gasteiger charge is -2.28. The summed E-state index contributed by atoms with van der Waals surface area (Å²) in [6, 6.07) is 11.4. The van der Waals surface area contributed by atoms with Crippen molar-refractivity contribution >= 4 is 46.7 Å². The zero-order valence-corrected chi connectivity index (χ0v) is 18.1. The molecule has 2 aromatic carbocycles. The van der Waals surface area contributed by atoms with Crippen LogP contribution in [0.25, 0.3) is 0 Å². The van der Waals surface area contributed by atoms with Crippen molar-refractivity contribution in [2.75, 3.05) is 5.32 Å². The van der Waals surface area contributed by atoms with E-state index in [0.29, 0.717) is 43.5 Å². The Balaban J connectivity index is 1.75. The topological polar surface area (TPSA) is 64.0 Å². The summed E-state index contributed by atoms with van der Waals surface area (Å²) >= 11 is 13.6. The van der Waals surface area contributed by atoms with Crippen LogP contribution in [0.5, 0.6) is 0 Å². The van der Waals surface area contributed by atoms with Gasteiger partial charge in [0.25, 0.3) is 5.56 Å². The van der Waals surface area contributed by atoms with E-state index in [9.17, 15) is 14.0 Å². The number of hydrogen-bond acceptors (Lipinski definition) is 4. The van der Waals surface area contributed by atoms with Crippen molar-refractivity contribution in [3.05, 3.63) is 85.4 Å². The number of nitrogens with one attached hydrogen (secondary N) is 1. The number of hydrogen-bond donors (Lipinski definition) is 1. The van der Waals surface area contributed by atoms with Gasteiger partial charge in [-0.15, -0.1) is 0 Å². The van der Waals surface area contributed by atoms with Gasteiger partial charge in [0.15, 0.2) is 5.16 Å². The fraction of sp³-hybridized carbons (Fsp3) is 0.190. The Morgan fingerprint density at radius 3 is 2.73 bits per heavy atom. The number of carbonyl (C=O) groups excluding carboxylic acids is 1. The molecule has 5 nitrogen and oxygen atoms in total. The Kier molecular flexibility index (Phi) is 5.86. The predicted octanol–water partition coefficient (Wildman–Crippen LogP) is 4.99. The number of halogens is 3. The van der Waals surface area contributed by atoms with Crippen LogP contribution in [0.15, 0.2) is 52.4 Å². The zero-order valence-electron chi connectivity index (χ0n) is 15.8. The number of benzene rings is 2. The number of rotatable bonds is 4. The molecule has 1 aliphatic rings. The molecule has 2 heterocycles. The second kappa shape index (κ2) is 8.41. The average Bonchev–Trinajstić information content (AvgIpc) is 2.70. The fourth-order valence-electron chi connectivity index (χ4n) is 3.47. The van der Waals surface area contributed by atoms with Gasteiger partial charge in [0.1, 0.15) is 11.6 Å². The Morgan fingerprint density at radius 1 is 1.23 bits per heavy atom. The quantitative estimate of drug-likeness (QED) is 0.437. The third-order valence-corrected chi connectivity index (χ3v) is 6.59. The van der Waals surface area contributed by atoms with Crippen molar-refractivity contribution in [1.29, 1.82) is 0 Å². The lowest BCUT2D eigenvalue weighted by Crippen LogP contribution is -2.33. The minimum atomic E-state index is -0.532. The van der Waals surface area contributed by atoms with Crippen LogP contribution >= 0.6 is 35.0 Å². The fourth-order valence-corrected chi connectivity index (χ4v) is 4.96. The van der Waals surface area contributed by atoms with Gasteiger partial charge in [0.05, 0.1) is 5.56 Å². The number of fused-ring (bicyclic) bond motifs is 1. The molecule has 0 bridgehead atoms. The second-order valence-electron chi connectivity index (χ2n) is 6.87. The van der Waals surface area contributed by atoms with Gasteiger partial charge < -0.3 is 9.88 Å². The highest BCUT2D eigenvalue weighted by Crippen LogP contribution is 2.39. The average molecular weight is 464 g/mol. The third-order valence-electron chi connectivity index (χ3n) is 4.95. The summed E-state index contributed by atoms with van der Waals surface area (Å²) in [4.78, 5) is 29.6. The van der Waals surface area contributed by atoms with E-state index in [1.165, 1.54) is 17.8 Å². The van der Waals surface area contributed by atoms with Crippen LogP contribution in [0, 0.1) is 5.82 Å². The number of thioether (sulfide) groups is 1. The zero-order chi connectivity index (χ0) is 21.4. The Morgan fingerprint density at radius 2 is 2.00 bits per heavy atom. The standard InChI is InChI=1S/C21H16Cl2FN3O2S/c1-27-19-18(14(9-17(28)25-19)13-7-6-12(22)8-15(13)23)20(29)26-21(27)30-10-11-4-2-3-5-16(11)24/h2-8,14H,9-10H2,1H3,(H,25,28). The Labute approximate surface area is 186 Å². The molecular formula is C21H16Cl2FN3O2S. The van der Waals surface area contributed by atoms with E-state index in [0.717, 1.165) is 0 Å². The van der Waals surface area contributed by atoms with E-state index in [2.05, 4.69) is 10.3 Å². The van der Waals surface area contributed by atoms with E-state index in [4.69, 9.17) is 23.2 Å². The van der Waals surface area contributed by atoms with Gasteiger partial charge in [-0.3, -0.25) is 9.59 Å². The SMILES string of the molecule is Cn1c(SCc2ccccc2F)nc(=O)c2c1NC(=O)CC2c1ccc(Cl)cc1Cl. The van der Waals surface area contributed by atoms with Crippen LogP contribution in [-0.2, 0) is 17.6 Å². The van der Waals surface area contributed by atoms with Crippen LogP contribution in [0.1, 0.15) is 29.0 Å². The summed E-state index contributed by atoms with van der Waals surface area (Å²) in [5, 5.41) is 4.01. The minimum absolute atomic E-state index is 0.0764. The van der Waals surface area contributed by atoms with Gasteiger partial charge in [0, 0.05) is 35.2 Å². The summed E-state index contributed by atoms with van der Waals surface area (Å²) < 4.78 is 15.6. The molecule has 4 rings (SSSR count). The van der Waals surface area contributed by atoms with Crippen molar-refractivity contribution in [1.82, 2.24) is 9.55 Å². The van der Waals surface area contributed by atoms with Crippen molar-refractivity contribution in [2.24, 2.45) is 7.05 Å². The van der Waals surface area contributed by atoms with Gasteiger partial charge in [0.2, 0.25) is 5.91 Å². The molecule has 154 valence electrons.